The molecule has 2 aromatic carbocycles. The lowest BCUT2D eigenvalue weighted by Crippen LogP contribution is -2.46. The molecule has 0 radical (unpaired) electrons. The van der Waals surface area contributed by atoms with E-state index in [0.29, 0.717) is 29.9 Å². The largest absolute Gasteiger partial charge is 0.451 e. The maximum atomic E-state index is 12.3. The monoisotopic (exact) mass is 499 g/mol. The van der Waals surface area contributed by atoms with Crippen molar-refractivity contribution in [3.05, 3.63) is 65.5 Å². The van der Waals surface area contributed by atoms with Crippen molar-refractivity contribution in [2.75, 3.05) is 50.8 Å². The second-order valence-corrected chi connectivity index (χ2v) is 9.64. The highest BCUT2D eigenvalue weighted by Gasteiger charge is 2.18. The molecule has 1 amide bonds. The van der Waals surface area contributed by atoms with Gasteiger partial charge in [0.1, 0.15) is 5.58 Å². The van der Waals surface area contributed by atoms with Gasteiger partial charge >= 0.3 is 0 Å². The number of furan rings is 1. The van der Waals surface area contributed by atoms with E-state index in [9.17, 15) is 10.1 Å². The number of aryl methyl sites for hydroxylation is 1. The number of aromatic amines is 1. The first-order valence-corrected chi connectivity index (χ1v) is 13.0. The van der Waals surface area contributed by atoms with Crippen LogP contribution in [0, 0.1) is 11.3 Å². The van der Waals surface area contributed by atoms with E-state index in [1.165, 1.54) is 5.56 Å². The number of carbonyl (C=O) groups excluding carboxylic acids is 1. The lowest BCUT2D eigenvalue weighted by atomic mass is 10.1. The molecule has 0 bridgehead atoms. The number of hydrogen-bond donors (Lipinski definition) is 3. The third kappa shape index (κ3) is 5.79. The molecule has 4 aromatic rings. The fourth-order valence-corrected chi connectivity index (χ4v) is 5.04. The number of aliphatic hydroxyl groups is 1. The Hall–Kier alpha value is -3.80. The molecule has 37 heavy (non-hydrogen) atoms. The number of aliphatic hydroxyl groups excluding tert-OH is 1. The topological polar surface area (TPSA) is 109 Å². The average molecular weight is 500 g/mol. The van der Waals surface area contributed by atoms with Crippen LogP contribution < -0.4 is 10.2 Å². The van der Waals surface area contributed by atoms with Crippen molar-refractivity contribution >= 4 is 33.5 Å². The third-order valence-electron chi connectivity index (χ3n) is 7.15. The Balaban J connectivity index is 1.09. The summed E-state index contributed by atoms with van der Waals surface area (Å²) in [6.45, 7) is 5.56. The first-order valence-electron chi connectivity index (χ1n) is 13.0. The van der Waals surface area contributed by atoms with Crippen LogP contribution in [0.2, 0.25) is 0 Å². The molecule has 1 saturated heterocycles. The number of fused-ring (bicyclic) bond motifs is 2. The summed E-state index contributed by atoms with van der Waals surface area (Å²) in [4.78, 5) is 20.5. The van der Waals surface area contributed by atoms with Crippen molar-refractivity contribution in [1.82, 2.24) is 15.2 Å². The number of rotatable bonds is 10. The number of piperazine rings is 1. The van der Waals surface area contributed by atoms with Crippen LogP contribution in [-0.2, 0) is 6.42 Å². The molecule has 1 fully saturated rings. The smallest absolute Gasteiger partial charge is 0.287 e. The highest BCUT2D eigenvalue weighted by atomic mass is 16.3. The second-order valence-electron chi connectivity index (χ2n) is 9.64. The fraction of sp³-hybridized carbons (Fsp3) is 0.379. The molecule has 5 rings (SSSR count). The molecule has 0 saturated carbocycles. The number of nitrogens with zero attached hydrogens (tertiary/aromatic N) is 3. The van der Waals surface area contributed by atoms with Gasteiger partial charge < -0.3 is 24.7 Å². The van der Waals surface area contributed by atoms with Gasteiger partial charge in [0, 0.05) is 67.5 Å². The standard InChI is InChI=1S/C29H33N5O3/c30-19-21-5-7-26-25(16-21)22(20-32-26)4-1-2-10-33-11-13-34(14-12-33)24-6-8-27-23(17-24)18-28(37-27)29(36)31-9-3-15-35/h5-8,16-18,20,32,35H,1-4,9-15H2,(H,31,36). The zero-order valence-electron chi connectivity index (χ0n) is 21.0. The molecule has 192 valence electrons. The third-order valence-corrected chi connectivity index (χ3v) is 7.15. The SMILES string of the molecule is N#Cc1ccc2[nH]cc(CCCCN3CCN(c4ccc5oc(C(=O)NCCCO)cc5c4)CC3)c2c1. The minimum absolute atomic E-state index is 0.0486. The summed E-state index contributed by atoms with van der Waals surface area (Å²) in [6, 6.07) is 15.9. The molecular formula is C29H33N5O3. The van der Waals surface area contributed by atoms with Crippen LogP contribution in [0.25, 0.3) is 21.9 Å². The van der Waals surface area contributed by atoms with Crippen molar-refractivity contribution in [2.45, 2.75) is 25.7 Å². The van der Waals surface area contributed by atoms with Crippen molar-refractivity contribution < 1.29 is 14.3 Å². The van der Waals surface area contributed by atoms with Gasteiger partial charge in [-0.15, -0.1) is 0 Å². The molecule has 8 heteroatoms. The second kappa shape index (κ2) is 11.5. The van der Waals surface area contributed by atoms with E-state index in [2.05, 4.69) is 44.5 Å². The van der Waals surface area contributed by atoms with Gasteiger partial charge in [-0.1, -0.05) is 0 Å². The summed E-state index contributed by atoms with van der Waals surface area (Å²) in [5.74, 6) is 0.0458. The van der Waals surface area contributed by atoms with Crippen LogP contribution >= 0.6 is 0 Å². The van der Waals surface area contributed by atoms with E-state index in [1.54, 1.807) is 6.07 Å². The van der Waals surface area contributed by atoms with Crippen molar-refractivity contribution in [2.24, 2.45) is 0 Å². The van der Waals surface area contributed by atoms with Gasteiger partial charge in [-0.25, -0.2) is 0 Å². The van der Waals surface area contributed by atoms with E-state index in [0.717, 1.165) is 74.0 Å². The van der Waals surface area contributed by atoms with E-state index < -0.39 is 0 Å². The molecule has 0 atom stereocenters. The summed E-state index contributed by atoms with van der Waals surface area (Å²) < 4.78 is 5.72. The Morgan fingerprint density at radius 3 is 2.76 bits per heavy atom. The Kier molecular flexibility index (Phi) is 7.73. The Bertz CT molecular complexity index is 1410. The zero-order valence-corrected chi connectivity index (χ0v) is 21.0. The fourth-order valence-electron chi connectivity index (χ4n) is 5.04. The summed E-state index contributed by atoms with van der Waals surface area (Å²) in [6.07, 6.45) is 5.89. The van der Waals surface area contributed by atoms with Crippen LogP contribution in [0.3, 0.4) is 0 Å². The number of benzene rings is 2. The highest BCUT2D eigenvalue weighted by Crippen LogP contribution is 2.26. The molecule has 0 aliphatic carbocycles. The number of aromatic nitrogens is 1. The Morgan fingerprint density at radius 1 is 1.08 bits per heavy atom. The van der Waals surface area contributed by atoms with Crippen molar-refractivity contribution in [3.8, 4) is 6.07 Å². The molecule has 1 aliphatic rings. The number of nitrogens with one attached hydrogen (secondary N) is 2. The molecule has 2 aromatic heterocycles. The molecule has 8 nitrogen and oxygen atoms in total. The highest BCUT2D eigenvalue weighted by molar-refractivity contribution is 5.96. The lowest BCUT2D eigenvalue weighted by molar-refractivity contribution is 0.0925. The lowest BCUT2D eigenvalue weighted by Gasteiger charge is -2.36. The predicted molar refractivity (Wildman–Crippen MR) is 145 cm³/mol. The average Bonchev–Trinajstić information content (AvgIpc) is 3.55. The van der Waals surface area contributed by atoms with Crippen LogP contribution in [0.4, 0.5) is 5.69 Å². The number of amides is 1. The maximum Gasteiger partial charge on any atom is 0.287 e. The number of carbonyl (C=O) groups is 1. The molecule has 3 N–H and O–H groups in total. The van der Waals surface area contributed by atoms with E-state index in [-0.39, 0.29) is 12.5 Å². The minimum Gasteiger partial charge on any atom is -0.451 e. The van der Waals surface area contributed by atoms with E-state index >= 15 is 0 Å². The van der Waals surface area contributed by atoms with Crippen LogP contribution in [0.1, 0.15) is 40.9 Å². The molecular weight excluding hydrogens is 466 g/mol. The van der Waals surface area contributed by atoms with Gasteiger partial charge in [0.2, 0.25) is 0 Å². The number of unbranched alkanes of at least 4 members (excludes halogenated alkanes) is 1. The normalized spacial score (nSPS) is 14.3. The Labute approximate surface area is 216 Å². The van der Waals surface area contributed by atoms with Gasteiger partial charge in [-0.05, 0) is 80.3 Å². The van der Waals surface area contributed by atoms with Crippen LogP contribution in [0.5, 0.6) is 0 Å². The molecule has 0 unspecified atom stereocenters. The predicted octanol–water partition coefficient (Wildman–Crippen LogP) is 4.04. The van der Waals surface area contributed by atoms with Gasteiger partial charge in [-0.3, -0.25) is 9.69 Å². The van der Waals surface area contributed by atoms with Gasteiger partial charge in [0.25, 0.3) is 5.91 Å². The molecule has 3 heterocycles. The summed E-state index contributed by atoms with van der Waals surface area (Å²) >= 11 is 0. The van der Waals surface area contributed by atoms with Gasteiger partial charge in [-0.2, -0.15) is 5.26 Å². The maximum absolute atomic E-state index is 12.3. The van der Waals surface area contributed by atoms with E-state index in [1.807, 2.05) is 24.3 Å². The van der Waals surface area contributed by atoms with Gasteiger partial charge in [0.15, 0.2) is 5.76 Å². The number of nitriles is 1. The summed E-state index contributed by atoms with van der Waals surface area (Å²) in [7, 11) is 0. The summed E-state index contributed by atoms with van der Waals surface area (Å²) in [5.41, 5.74) is 4.94. The molecule has 1 aliphatic heterocycles. The van der Waals surface area contributed by atoms with Crippen LogP contribution in [0.15, 0.2) is 53.1 Å². The molecule has 0 spiro atoms. The number of hydrogen-bond acceptors (Lipinski definition) is 6. The zero-order chi connectivity index (χ0) is 25.6. The number of anilines is 1. The quantitative estimate of drug-likeness (QED) is 0.284. The first-order chi connectivity index (χ1) is 18.1. The Morgan fingerprint density at radius 2 is 1.95 bits per heavy atom. The van der Waals surface area contributed by atoms with Crippen molar-refractivity contribution in [3.63, 3.8) is 0 Å². The van der Waals surface area contributed by atoms with Gasteiger partial charge in [0.05, 0.1) is 11.6 Å². The van der Waals surface area contributed by atoms with Crippen LogP contribution in [-0.4, -0.2) is 66.8 Å². The van der Waals surface area contributed by atoms with E-state index in [4.69, 9.17) is 9.52 Å². The van der Waals surface area contributed by atoms with Crippen molar-refractivity contribution in [1.29, 1.82) is 5.26 Å². The number of H-pyrrole nitrogens is 1. The summed E-state index contributed by atoms with van der Waals surface area (Å²) in [5, 5.41) is 22.9. The minimum atomic E-state index is -0.253. The first kappa shape index (κ1) is 24.9.